The van der Waals surface area contributed by atoms with Crippen molar-refractivity contribution in [2.45, 2.75) is 13.0 Å². The average Bonchev–Trinajstić information content (AvgIpc) is 3.24. The van der Waals surface area contributed by atoms with Crippen molar-refractivity contribution >= 4 is 28.3 Å². The number of anilines is 1. The Morgan fingerprint density at radius 1 is 1.13 bits per heavy atom. The molecule has 0 radical (unpaired) electrons. The maximum Gasteiger partial charge on any atom is 0.338 e. The van der Waals surface area contributed by atoms with Crippen LogP contribution in [0.3, 0.4) is 0 Å². The molecule has 4 aromatic rings. The molecule has 0 bridgehead atoms. The number of pyridine rings is 2. The zero-order chi connectivity index (χ0) is 27.8. The lowest BCUT2D eigenvalue weighted by molar-refractivity contribution is 0.0599. The van der Waals surface area contributed by atoms with E-state index >= 15 is 0 Å². The van der Waals surface area contributed by atoms with Crippen molar-refractivity contribution in [3.8, 4) is 5.69 Å². The standard InChI is InChI=1S/C28H26F3N5O3/c1-32-23-13-25(37)36(15-22(23)31)24-4-7-33-27-19(24)12-18(34(27)2)14-35-8-5-16(6-9-35)26-20(29)10-17(11-21(26)30)28(38)39-3/h4-5,7,10-13,15,32H,6,8-9,14H2,1-3H3. The van der Waals surface area contributed by atoms with Gasteiger partial charge in [0.2, 0.25) is 0 Å². The molecule has 0 fully saturated rings. The van der Waals surface area contributed by atoms with Crippen LogP contribution in [0.15, 0.2) is 53.6 Å². The number of carbonyl (C=O) groups is 1. The number of aryl methyl sites for hydroxylation is 1. The lowest BCUT2D eigenvalue weighted by atomic mass is 9.97. The second kappa shape index (κ2) is 10.4. The number of nitrogens with zero attached hydrogens (tertiary/aromatic N) is 4. The summed E-state index contributed by atoms with van der Waals surface area (Å²) in [5, 5.41) is 3.36. The van der Waals surface area contributed by atoms with Gasteiger partial charge in [-0.2, -0.15) is 0 Å². The maximum absolute atomic E-state index is 14.7. The molecule has 0 saturated heterocycles. The SMILES string of the molecule is CNc1cc(=O)n(-c2ccnc3c2cc(CN2CC=C(c4c(F)cc(C(=O)OC)cc4F)CC2)n3C)cc1F. The zero-order valence-corrected chi connectivity index (χ0v) is 21.6. The summed E-state index contributed by atoms with van der Waals surface area (Å²) in [6.45, 7) is 1.51. The van der Waals surface area contributed by atoms with Gasteiger partial charge in [0, 0.05) is 62.6 Å². The van der Waals surface area contributed by atoms with Crippen molar-refractivity contribution in [1.29, 1.82) is 0 Å². The third kappa shape index (κ3) is 4.81. The van der Waals surface area contributed by atoms with Crippen LogP contribution in [0, 0.1) is 17.5 Å². The minimum absolute atomic E-state index is 0.118. The van der Waals surface area contributed by atoms with E-state index in [0.717, 1.165) is 31.1 Å². The largest absolute Gasteiger partial charge is 0.465 e. The number of halogens is 3. The van der Waals surface area contributed by atoms with Crippen molar-refractivity contribution in [2.75, 3.05) is 32.6 Å². The summed E-state index contributed by atoms with van der Waals surface area (Å²) >= 11 is 0. The maximum atomic E-state index is 14.7. The van der Waals surface area contributed by atoms with Gasteiger partial charge >= 0.3 is 5.97 Å². The number of carbonyl (C=O) groups excluding carboxylic acids is 1. The van der Waals surface area contributed by atoms with E-state index in [1.54, 1.807) is 25.4 Å². The van der Waals surface area contributed by atoms with Gasteiger partial charge in [-0.3, -0.25) is 14.3 Å². The molecule has 5 rings (SSSR count). The Morgan fingerprint density at radius 2 is 1.87 bits per heavy atom. The fourth-order valence-electron chi connectivity index (χ4n) is 4.93. The van der Waals surface area contributed by atoms with Crippen LogP contribution in [0.2, 0.25) is 0 Å². The molecule has 3 aromatic heterocycles. The number of aromatic nitrogens is 3. The van der Waals surface area contributed by atoms with E-state index in [1.165, 1.54) is 10.6 Å². The molecule has 4 heterocycles. The van der Waals surface area contributed by atoms with Crippen molar-refractivity contribution in [2.24, 2.45) is 7.05 Å². The molecule has 1 N–H and O–H groups in total. The van der Waals surface area contributed by atoms with Crippen molar-refractivity contribution < 1.29 is 22.7 Å². The molecule has 202 valence electrons. The first-order chi connectivity index (χ1) is 18.7. The van der Waals surface area contributed by atoms with Crippen LogP contribution in [-0.2, 0) is 18.3 Å². The molecule has 1 aliphatic rings. The molecule has 0 atom stereocenters. The van der Waals surface area contributed by atoms with Gasteiger partial charge in [0.25, 0.3) is 5.56 Å². The second-order valence-corrected chi connectivity index (χ2v) is 9.28. The number of fused-ring (bicyclic) bond motifs is 1. The normalized spacial score (nSPS) is 13.9. The lowest BCUT2D eigenvalue weighted by Crippen LogP contribution is -2.29. The Balaban J connectivity index is 1.41. The topological polar surface area (TPSA) is 81.4 Å². The molecule has 0 aliphatic carbocycles. The van der Waals surface area contributed by atoms with Gasteiger partial charge in [-0.25, -0.2) is 22.9 Å². The molecule has 8 nitrogen and oxygen atoms in total. The number of benzene rings is 1. The highest BCUT2D eigenvalue weighted by Crippen LogP contribution is 2.30. The fraction of sp³-hybridized carbons (Fsp3) is 0.250. The van der Waals surface area contributed by atoms with E-state index in [0.29, 0.717) is 48.3 Å². The summed E-state index contributed by atoms with van der Waals surface area (Å²) < 4.78 is 51.6. The predicted octanol–water partition coefficient (Wildman–Crippen LogP) is 4.26. The summed E-state index contributed by atoms with van der Waals surface area (Å²) in [4.78, 5) is 30.9. The summed E-state index contributed by atoms with van der Waals surface area (Å²) in [7, 11) is 4.56. The summed E-state index contributed by atoms with van der Waals surface area (Å²) in [6, 6.07) is 6.76. The van der Waals surface area contributed by atoms with Gasteiger partial charge in [-0.1, -0.05) is 6.08 Å². The molecule has 0 unspecified atom stereocenters. The number of methoxy groups -OCH3 is 1. The van der Waals surface area contributed by atoms with Crippen LogP contribution in [0.25, 0.3) is 22.3 Å². The van der Waals surface area contributed by atoms with E-state index < -0.39 is 23.4 Å². The summed E-state index contributed by atoms with van der Waals surface area (Å²) in [5.74, 6) is -2.98. The molecule has 0 saturated carbocycles. The average molecular weight is 538 g/mol. The Hall–Kier alpha value is -4.38. The van der Waals surface area contributed by atoms with Gasteiger partial charge in [-0.15, -0.1) is 0 Å². The molecule has 39 heavy (non-hydrogen) atoms. The van der Waals surface area contributed by atoms with Crippen LogP contribution in [0.1, 0.15) is 28.0 Å². The molecule has 1 aromatic carbocycles. The second-order valence-electron chi connectivity index (χ2n) is 9.28. The van der Waals surface area contributed by atoms with Gasteiger partial charge < -0.3 is 14.6 Å². The van der Waals surface area contributed by atoms with Crippen molar-refractivity contribution in [1.82, 2.24) is 19.0 Å². The van der Waals surface area contributed by atoms with Gasteiger partial charge in [0.1, 0.15) is 17.3 Å². The van der Waals surface area contributed by atoms with Gasteiger partial charge in [0.05, 0.1) is 30.2 Å². The first-order valence-corrected chi connectivity index (χ1v) is 12.2. The lowest BCUT2D eigenvalue weighted by Gasteiger charge is -2.27. The fourth-order valence-corrected chi connectivity index (χ4v) is 4.93. The number of nitrogens with one attached hydrogen (secondary N) is 1. The highest BCUT2D eigenvalue weighted by Gasteiger charge is 2.23. The predicted molar refractivity (Wildman–Crippen MR) is 141 cm³/mol. The Morgan fingerprint density at radius 3 is 2.51 bits per heavy atom. The molecule has 11 heteroatoms. The van der Waals surface area contributed by atoms with E-state index in [-0.39, 0.29) is 22.4 Å². The van der Waals surface area contributed by atoms with Crippen molar-refractivity contribution in [3.05, 3.63) is 93.4 Å². The Bertz CT molecular complexity index is 1670. The number of esters is 1. The third-order valence-electron chi connectivity index (χ3n) is 7.00. The Labute approximate surface area is 221 Å². The minimum atomic E-state index is -0.809. The first kappa shape index (κ1) is 26.2. The zero-order valence-electron chi connectivity index (χ0n) is 21.6. The highest BCUT2D eigenvalue weighted by atomic mass is 19.1. The van der Waals surface area contributed by atoms with E-state index in [4.69, 9.17) is 0 Å². The molecular weight excluding hydrogens is 511 g/mol. The van der Waals surface area contributed by atoms with Crippen molar-refractivity contribution in [3.63, 3.8) is 0 Å². The van der Waals surface area contributed by atoms with Crippen LogP contribution in [0.5, 0.6) is 0 Å². The first-order valence-electron chi connectivity index (χ1n) is 12.2. The number of rotatable bonds is 6. The van der Waals surface area contributed by atoms with Gasteiger partial charge in [0.15, 0.2) is 5.82 Å². The molecule has 0 amide bonds. The quantitative estimate of drug-likeness (QED) is 0.371. The third-order valence-corrected chi connectivity index (χ3v) is 7.00. The van der Waals surface area contributed by atoms with Crippen LogP contribution < -0.4 is 10.9 Å². The summed E-state index contributed by atoms with van der Waals surface area (Å²) in [5.41, 5.74) is 2.00. The van der Waals surface area contributed by atoms with Gasteiger partial charge in [-0.05, 0) is 36.3 Å². The Kier molecular flexibility index (Phi) is 7.00. The minimum Gasteiger partial charge on any atom is -0.465 e. The number of hydrogen-bond donors (Lipinski definition) is 1. The number of hydrogen-bond acceptors (Lipinski definition) is 6. The van der Waals surface area contributed by atoms with E-state index in [2.05, 4.69) is 19.9 Å². The van der Waals surface area contributed by atoms with Crippen LogP contribution in [0.4, 0.5) is 18.9 Å². The summed E-state index contributed by atoms with van der Waals surface area (Å²) in [6.07, 6.45) is 4.91. The molecule has 1 aliphatic heterocycles. The van der Waals surface area contributed by atoms with Crippen LogP contribution >= 0.6 is 0 Å². The monoisotopic (exact) mass is 537 g/mol. The highest BCUT2D eigenvalue weighted by molar-refractivity contribution is 5.90. The molecule has 0 spiro atoms. The van der Waals surface area contributed by atoms with E-state index in [9.17, 15) is 22.8 Å². The smallest absolute Gasteiger partial charge is 0.338 e. The van der Waals surface area contributed by atoms with Crippen LogP contribution in [-0.4, -0.2) is 52.2 Å². The molecular formula is C28H26F3N5O3. The number of ether oxygens (including phenoxy) is 1. The van der Waals surface area contributed by atoms with E-state index in [1.807, 2.05) is 17.7 Å².